The average molecular weight is 203 g/mol. The van der Waals surface area contributed by atoms with E-state index in [1.165, 1.54) is 7.11 Å². The lowest BCUT2D eigenvalue weighted by molar-refractivity contribution is 0.307. The molecule has 0 saturated carbocycles. The van der Waals surface area contributed by atoms with Gasteiger partial charge >= 0.3 is 0 Å². The first-order valence-corrected chi connectivity index (χ1v) is 4.35. The summed E-state index contributed by atoms with van der Waals surface area (Å²) in [6.07, 6.45) is 0. The molecule has 76 valence electrons. The number of nitriles is 1. The van der Waals surface area contributed by atoms with E-state index in [0.717, 1.165) is 5.39 Å². The molecule has 1 heterocycles. The molecule has 0 fully saturated rings. The molecule has 0 unspecified atom stereocenters. The Balaban J connectivity index is 2.86. The van der Waals surface area contributed by atoms with Crippen LogP contribution in [-0.4, -0.2) is 14.2 Å². The Bertz CT molecular complexity index is 536. The molecule has 0 amide bonds. The minimum Gasteiger partial charge on any atom is -0.496 e. The van der Waals surface area contributed by atoms with Crippen molar-refractivity contribution in [2.75, 3.05) is 14.2 Å². The summed E-state index contributed by atoms with van der Waals surface area (Å²) in [5.41, 5.74) is 0. The van der Waals surface area contributed by atoms with Gasteiger partial charge in [-0.2, -0.15) is 5.26 Å². The van der Waals surface area contributed by atoms with Crippen molar-refractivity contribution in [3.05, 3.63) is 24.0 Å². The molecule has 0 aliphatic rings. The van der Waals surface area contributed by atoms with Crippen LogP contribution in [0.5, 0.6) is 11.7 Å². The molecule has 0 saturated heterocycles. The molecule has 0 aliphatic carbocycles. The fraction of sp³-hybridized carbons (Fsp3) is 0.182. The molecule has 2 rings (SSSR count). The molecule has 0 bridgehead atoms. The molecular formula is C11H9NO3. The number of hydrogen-bond acceptors (Lipinski definition) is 4. The Morgan fingerprint density at radius 3 is 2.67 bits per heavy atom. The number of nitrogens with zero attached hydrogens (tertiary/aromatic N) is 1. The van der Waals surface area contributed by atoms with Gasteiger partial charge < -0.3 is 13.9 Å². The molecule has 4 nitrogen and oxygen atoms in total. The van der Waals surface area contributed by atoms with Gasteiger partial charge in [0, 0.05) is 0 Å². The number of ether oxygens (including phenoxy) is 2. The minimum atomic E-state index is 0.208. The maximum atomic E-state index is 8.91. The number of furan rings is 1. The first-order valence-electron chi connectivity index (χ1n) is 4.35. The Hall–Kier alpha value is -2.15. The van der Waals surface area contributed by atoms with Crippen LogP contribution in [0.3, 0.4) is 0 Å². The van der Waals surface area contributed by atoms with Crippen molar-refractivity contribution < 1.29 is 13.9 Å². The highest BCUT2D eigenvalue weighted by Crippen LogP contribution is 2.37. The van der Waals surface area contributed by atoms with Gasteiger partial charge in [0.2, 0.25) is 5.76 Å². The quantitative estimate of drug-likeness (QED) is 0.751. The summed E-state index contributed by atoms with van der Waals surface area (Å²) < 4.78 is 15.4. The second-order valence-corrected chi connectivity index (χ2v) is 2.92. The predicted molar refractivity (Wildman–Crippen MR) is 54.0 cm³/mol. The fourth-order valence-electron chi connectivity index (χ4n) is 1.53. The monoisotopic (exact) mass is 203 g/mol. The molecule has 0 aliphatic heterocycles. The van der Waals surface area contributed by atoms with Crippen LogP contribution in [0.1, 0.15) is 5.76 Å². The highest BCUT2D eigenvalue weighted by Gasteiger charge is 2.16. The van der Waals surface area contributed by atoms with Crippen LogP contribution in [0.2, 0.25) is 0 Å². The molecule has 15 heavy (non-hydrogen) atoms. The normalized spacial score (nSPS) is 9.93. The first kappa shape index (κ1) is 9.41. The third-order valence-electron chi connectivity index (χ3n) is 2.17. The van der Waals surface area contributed by atoms with E-state index >= 15 is 0 Å². The van der Waals surface area contributed by atoms with E-state index in [0.29, 0.717) is 17.1 Å². The van der Waals surface area contributed by atoms with E-state index in [-0.39, 0.29) is 5.76 Å². The Kier molecular flexibility index (Phi) is 2.22. The maximum absolute atomic E-state index is 8.91. The van der Waals surface area contributed by atoms with Crippen molar-refractivity contribution >= 4 is 10.8 Å². The van der Waals surface area contributed by atoms with Gasteiger partial charge in [0.05, 0.1) is 25.0 Å². The first-order chi connectivity index (χ1) is 7.31. The number of rotatable bonds is 2. The topological polar surface area (TPSA) is 55.4 Å². The number of fused-ring (bicyclic) bond motifs is 1. The molecule has 1 aromatic heterocycles. The van der Waals surface area contributed by atoms with E-state index in [4.69, 9.17) is 19.2 Å². The number of benzene rings is 1. The fourth-order valence-corrected chi connectivity index (χ4v) is 1.53. The summed E-state index contributed by atoms with van der Waals surface area (Å²) in [5.74, 6) is 1.15. The van der Waals surface area contributed by atoms with E-state index in [1.54, 1.807) is 13.2 Å². The standard InChI is InChI=1S/C11H9NO3/c1-13-8-5-3-4-7-10(8)9(6-12)15-11(7)14-2/h3-5H,1-2H3. The van der Waals surface area contributed by atoms with E-state index in [9.17, 15) is 0 Å². The van der Waals surface area contributed by atoms with Crippen LogP contribution in [0.25, 0.3) is 10.8 Å². The van der Waals surface area contributed by atoms with Gasteiger partial charge in [0.1, 0.15) is 11.8 Å². The van der Waals surface area contributed by atoms with Gasteiger partial charge in [-0.15, -0.1) is 0 Å². The molecule has 4 heteroatoms. The third kappa shape index (κ3) is 1.29. The van der Waals surface area contributed by atoms with Crippen molar-refractivity contribution in [2.24, 2.45) is 0 Å². The van der Waals surface area contributed by atoms with Gasteiger partial charge in [0.25, 0.3) is 5.95 Å². The zero-order valence-electron chi connectivity index (χ0n) is 8.40. The van der Waals surface area contributed by atoms with Gasteiger partial charge in [0.15, 0.2) is 0 Å². The summed E-state index contributed by atoms with van der Waals surface area (Å²) in [5, 5.41) is 10.3. The average Bonchev–Trinajstić information content (AvgIpc) is 2.66. The number of hydrogen-bond donors (Lipinski definition) is 0. The highest BCUT2D eigenvalue weighted by molar-refractivity contribution is 5.95. The van der Waals surface area contributed by atoms with Crippen LogP contribution in [-0.2, 0) is 0 Å². The van der Waals surface area contributed by atoms with Gasteiger partial charge in [-0.25, -0.2) is 0 Å². The molecule has 0 atom stereocenters. The predicted octanol–water partition coefficient (Wildman–Crippen LogP) is 2.32. The van der Waals surface area contributed by atoms with Crippen LogP contribution >= 0.6 is 0 Å². The van der Waals surface area contributed by atoms with Crippen molar-refractivity contribution in [1.82, 2.24) is 0 Å². The second-order valence-electron chi connectivity index (χ2n) is 2.92. The summed E-state index contributed by atoms with van der Waals surface area (Å²) in [6.45, 7) is 0. The summed E-state index contributed by atoms with van der Waals surface area (Å²) in [6, 6.07) is 7.39. The Morgan fingerprint density at radius 1 is 1.27 bits per heavy atom. The largest absolute Gasteiger partial charge is 0.496 e. The lowest BCUT2D eigenvalue weighted by Gasteiger charge is -1.99. The Labute approximate surface area is 86.6 Å². The molecular weight excluding hydrogens is 194 g/mol. The third-order valence-corrected chi connectivity index (χ3v) is 2.17. The zero-order valence-corrected chi connectivity index (χ0v) is 8.40. The summed E-state index contributed by atoms with van der Waals surface area (Å²) >= 11 is 0. The van der Waals surface area contributed by atoms with Crippen LogP contribution in [0.4, 0.5) is 0 Å². The van der Waals surface area contributed by atoms with Crippen LogP contribution in [0, 0.1) is 11.3 Å². The minimum absolute atomic E-state index is 0.208. The molecule has 1 aromatic carbocycles. The highest BCUT2D eigenvalue weighted by atomic mass is 16.6. The molecule has 0 radical (unpaired) electrons. The second kappa shape index (κ2) is 3.54. The van der Waals surface area contributed by atoms with Crippen LogP contribution in [0.15, 0.2) is 22.6 Å². The molecule has 2 aromatic rings. The zero-order chi connectivity index (χ0) is 10.8. The Morgan fingerprint density at radius 2 is 2.07 bits per heavy atom. The molecule has 0 spiro atoms. The van der Waals surface area contributed by atoms with Gasteiger partial charge in [-0.3, -0.25) is 0 Å². The molecule has 0 N–H and O–H groups in total. The van der Waals surface area contributed by atoms with Gasteiger partial charge in [-0.05, 0) is 12.1 Å². The van der Waals surface area contributed by atoms with Gasteiger partial charge in [-0.1, -0.05) is 6.07 Å². The lowest BCUT2D eigenvalue weighted by Crippen LogP contribution is -1.84. The van der Waals surface area contributed by atoms with E-state index < -0.39 is 0 Å². The van der Waals surface area contributed by atoms with Crippen molar-refractivity contribution in [2.45, 2.75) is 0 Å². The smallest absolute Gasteiger partial charge is 0.293 e. The van der Waals surface area contributed by atoms with Crippen molar-refractivity contribution in [1.29, 1.82) is 5.26 Å². The SMILES string of the molecule is COc1oc(C#N)c2c(OC)cccc12. The summed E-state index contributed by atoms with van der Waals surface area (Å²) in [4.78, 5) is 0. The van der Waals surface area contributed by atoms with Crippen molar-refractivity contribution in [3.8, 4) is 17.8 Å². The van der Waals surface area contributed by atoms with Crippen molar-refractivity contribution in [3.63, 3.8) is 0 Å². The summed E-state index contributed by atoms with van der Waals surface area (Å²) in [7, 11) is 3.05. The van der Waals surface area contributed by atoms with Crippen LogP contribution < -0.4 is 9.47 Å². The van der Waals surface area contributed by atoms with E-state index in [2.05, 4.69) is 0 Å². The maximum Gasteiger partial charge on any atom is 0.293 e. The number of methoxy groups -OCH3 is 2. The lowest BCUT2D eigenvalue weighted by atomic mass is 10.1. The van der Waals surface area contributed by atoms with E-state index in [1.807, 2.05) is 18.2 Å².